The molecule has 0 aliphatic heterocycles. The van der Waals surface area contributed by atoms with Crippen molar-refractivity contribution in [2.45, 2.75) is 32.8 Å². The van der Waals surface area contributed by atoms with Crippen molar-refractivity contribution < 1.29 is 18.7 Å². The Morgan fingerprint density at radius 1 is 1.39 bits per heavy atom. The molecule has 1 aromatic carbocycles. The minimum absolute atomic E-state index is 0.0234. The standard InChI is InChI=1S/C13H16ClFO3/c1-13(2,3)18-11(16)7-8-17-12-9(14)5-4-6-10(12)15/h4-6H,7-8H2,1-3H3. The van der Waals surface area contributed by atoms with E-state index in [1.165, 1.54) is 18.2 Å². The lowest BCUT2D eigenvalue weighted by molar-refractivity contribution is -0.155. The third-order valence-electron chi connectivity index (χ3n) is 1.89. The summed E-state index contributed by atoms with van der Waals surface area (Å²) in [7, 11) is 0. The van der Waals surface area contributed by atoms with Crippen LogP contribution in [0.15, 0.2) is 18.2 Å². The fraction of sp³-hybridized carbons (Fsp3) is 0.462. The molecule has 0 atom stereocenters. The second-order valence-electron chi connectivity index (χ2n) is 4.74. The highest BCUT2D eigenvalue weighted by Gasteiger charge is 2.16. The molecule has 0 bridgehead atoms. The van der Waals surface area contributed by atoms with Gasteiger partial charge >= 0.3 is 5.97 Å². The molecule has 0 amide bonds. The van der Waals surface area contributed by atoms with Crippen LogP contribution in [0.4, 0.5) is 4.39 Å². The minimum Gasteiger partial charge on any atom is -0.488 e. The summed E-state index contributed by atoms with van der Waals surface area (Å²) < 4.78 is 23.6. The SMILES string of the molecule is CC(C)(C)OC(=O)CCOc1c(F)cccc1Cl. The summed E-state index contributed by atoms with van der Waals surface area (Å²) in [5, 5.41) is 0.180. The average molecular weight is 275 g/mol. The second kappa shape index (κ2) is 6.05. The second-order valence-corrected chi connectivity index (χ2v) is 5.14. The fourth-order valence-corrected chi connectivity index (χ4v) is 1.47. The highest BCUT2D eigenvalue weighted by atomic mass is 35.5. The quantitative estimate of drug-likeness (QED) is 0.787. The van der Waals surface area contributed by atoms with Gasteiger partial charge in [-0.2, -0.15) is 0 Å². The summed E-state index contributed by atoms with van der Waals surface area (Å²) in [6.45, 7) is 5.36. The van der Waals surface area contributed by atoms with E-state index in [-0.39, 0.29) is 23.8 Å². The summed E-state index contributed by atoms with van der Waals surface area (Å²) in [5.74, 6) is -0.982. The molecule has 0 N–H and O–H groups in total. The molecule has 0 heterocycles. The van der Waals surface area contributed by atoms with Gasteiger partial charge in [0.25, 0.3) is 0 Å². The number of hydrogen-bond acceptors (Lipinski definition) is 3. The zero-order valence-electron chi connectivity index (χ0n) is 10.6. The summed E-state index contributed by atoms with van der Waals surface area (Å²) in [4.78, 5) is 11.4. The Kier molecular flexibility index (Phi) is 4.96. The van der Waals surface area contributed by atoms with E-state index in [2.05, 4.69) is 0 Å². The van der Waals surface area contributed by atoms with Crippen molar-refractivity contribution >= 4 is 17.6 Å². The number of rotatable bonds is 4. The Hall–Kier alpha value is -1.29. The molecular weight excluding hydrogens is 259 g/mol. The minimum atomic E-state index is -0.549. The van der Waals surface area contributed by atoms with E-state index in [1.807, 2.05) is 0 Å². The van der Waals surface area contributed by atoms with E-state index < -0.39 is 17.4 Å². The average Bonchev–Trinajstić information content (AvgIpc) is 2.19. The Balaban J connectivity index is 2.45. The van der Waals surface area contributed by atoms with Crippen LogP contribution < -0.4 is 4.74 Å². The number of benzene rings is 1. The van der Waals surface area contributed by atoms with Crippen molar-refractivity contribution in [2.75, 3.05) is 6.61 Å². The number of halogens is 2. The number of para-hydroxylation sites is 1. The van der Waals surface area contributed by atoms with Crippen LogP contribution in [0.1, 0.15) is 27.2 Å². The maximum atomic E-state index is 13.3. The number of carbonyl (C=O) groups is 1. The zero-order chi connectivity index (χ0) is 13.8. The number of ether oxygens (including phenoxy) is 2. The lowest BCUT2D eigenvalue weighted by Gasteiger charge is -2.19. The third kappa shape index (κ3) is 4.92. The lowest BCUT2D eigenvalue weighted by Crippen LogP contribution is -2.24. The van der Waals surface area contributed by atoms with Crippen molar-refractivity contribution in [3.63, 3.8) is 0 Å². The van der Waals surface area contributed by atoms with Gasteiger partial charge in [0.1, 0.15) is 5.60 Å². The molecule has 100 valence electrons. The molecule has 0 aromatic heterocycles. The Morgan fingerprint density at radius 3 is 2.61 bits per heavy atom. The first kappa shape index (κ1) is 14.8. The number of carbonyl (C=O) groups excluding carboxylic acids is 1. The van der Waals surface area contributed by atoms with Gasteiger partial charge < -0.3 is 9.47 Å². The molecule has 1 aromatic rings. The summed E-state index contributed by atoms with van der Waals surface area (Å²) in [6.07, 6.45) is 0.0436. The van der Waals surface area contributed by atoms with Crippen molar-refractivity contribution in [3.8, 4) is 5.75 Å². The lowest BCUT2D eigenvalue weighted by atomic mass is 10.2. The largest absolute Gasteiger partial charge is 0.488 e. The van der Waals surface area contributed by atoms with Crippen LogP contribution in [0, 0.1) is 5.82 Å². The molecule has 0 fully saturated rings. The maximum absolute atomic E-state index is 13.3. The van der Waals surface area contributed by atoms with Crippen LogP contribution in [0.3, 0.4) is 0 Å². The van der Waals surface area contributed by atoms with Crippen molar-refractivity contribution in [1.82, 2.24) is 0 Å². The normalized spacial score (nSPS) is 11.2. The van der Waals surface area contributed by atoms with Crippen molar-refractivity contribution in [1.29, 1.82) is 0 Å². The van der Waals surface area contributed by atoms with Crippen LogP contribution in [-0.4, -0.2) is 18.2 Å². The molecule has 0 saturated heterocycles. The Morgan fingerprint density at radius 2 is 2.06 bits per heavy atom. The van der Waals surface area contributed by atoms with Gasteiger partial charge in [0.2, 0.25) is 0 Å². The van der Waals surface area contributed by atoms with Crippen LogP contribution in [0.25, 0.3) is 0 Å². The first-order valence-electron chi connectivity index (χ1n) is 5.58. The van der Waals surface area contributed by atoms with Crippen molar-refractivity contribution in [2.24, 2.45) is 0 Å². The topological polar surface area (TPSA) is 35.5 Å². The van der Waals surface area contributed by atoms with Gasteiger partial charge in [-0.25, -0.2) is 4.39 Å². The summed E-state index contributed by atoms with van der Waals surface area (Å²) in [6, 6.07) is 4.25. The molecule has 0 unspecified atom stereocenters. The third-order valence-corrected chi connectivity index (χ3v) is 2.19. The monoisotopic (exact) mass is 274 g/mol. The maximum Gasteiger partial charge on any atom is 0.309 e. The molecule has 0 radical (unpaired) electrons. The van der Waals surface area contributed by atoms with Gasteiger partial charge in [-0.1, -0.05) is 17.7 Å². The Labute approximate surface area is 111 Å². The highest BCUT2D eigenvalue weighted by molar-refractivity contribution is 6.32. The first-order valence-corrected chi connectivity index (χ1v) is 5.96. The smallest absolute Gasteiger partial charge is 0.309 e. The predicted molar refractivity (Wildman–Crippen MR) is 67.4 cm³/mol. The highest BCUT2D eigenvalue weighted by Crippen LogP contribution is 2.27. The van der Waals surface area contributed by atoms with E-state index in [4.69, 9.17) is 21.1 Å². The van der Waals surface area contributed by atoms with E-state index in [0.29, 0.717) is 0 Å². The van der Waals surface area contributed by atoms with E-state index in [1.54, 1.807) is 20.8 Å². The van der Waals surface area contributed by atoms with Gasteiger partial charge in [0.15, 0.2) is 11.6 Å². The molecule has 0 aliphatic carbocycles. The van der Waals surface area contributed by atoms with Crippen LogP contribution in [0.2, 0.25) is 5.02 Å². The number of hydrogen-bond donors (Lipinski definition) is 0. The van der Waals surface area contributed by atoms with Gasteiger partial charge in [0, 0.05) is 0 Å². The summed E-state index contributed by atoms with van der Waals surface area (Å²) >= 11 is 5.77. The molecule has 0 spiro atoms. The summed E-state index contributed by atoms with van der Waals surface area (Å²) in [5.41, 5.74) is -0.535. The molecule has 18 heavy (non-hydrogen) atoms. The molecule has 1 rings (SSSR count). The molecule has 5 heteroatoms. The molecule has 0 aliphatic rings. The van der Waals surface area contributed by atoms with E-state index >= 15 is 0 Å². The van der Waals surface area contributed by atoms with Crippen LogP contribution in [0.5, 0.6) is 5.75 Å². The van der Waals surface area contributed by atoms with Gasteiger partial charge in [-0.3, -0.25) is 4.79 Å². The van der Waals surface area contributed by atoms with E-state index in [9.17, 15) is 9.18 Å². The molecule has 3 nitrogen and oxygen atoms in total. The zero-order valence-corrected chi connectivity index (χ0v) is 11.4. The predicted octanol–water partition coefficient (Wildman–Crippen LogP) is 3.59. The van der Waals surface area contributed by atoms with Gasteiger partial charge in [0.05, 0.1) is 18.1 Å². The van der Waals surface area contributed by atoms with Crippen LogP contribution >= 0.6 is 11.6 Å². The van der Waals surface area contributed by atoms with Gasteiger partial charge in [-0.15, -0.1) is 0 Å². The number of esters is 1. The first-order chi connectivity index (χ1) is 8.29. The Bertz CT molecular complexity index is 406. The van der Waals surface area contributed by atoms with Crippen LogP contribution in [-0.2, 0) is 9.53 Å². The van der Waals surface area contributed by atoms with Gasteiger partial charge in [-0.05, 0) is 32.9 Å². The van der Waals surface area contributed by atoms with E-state index in [0.717, 1.165) is 0 Å². The van der Waals surface area contributed by atoms with Crippen molar-refractivity contribution in [3.05, 3.63) is 29.0 Å². The fourth-order valence-electron chi connectivity index (χ4n) is 1.25. The molecular formula is C13H16ClFO3. The molecule has 0 saturated carbocycles.